The molecule has 1 atom stereocenters. The second-order valence-electron chi connectivity index (χ2n) is 10.8. The van der Waals surface area contributed by atoms with Crippen molar-refractivity contribution in [1.29, 1.82) is 0 Å². The van der Waals surface area contributed by atoms with Gasteiger partial charge in [0.2, 0.25) is 5.96 Å². The number of nitrogens with zero attached hydrogens (tertiary/aromatic N) is 2. The van der Waals surface area contributed by atoms with E-state index in [-0.39, 0.29) is 18.9 Å². The fourth-order valence-electron chi connectivity index (χ4n) is 2.41. The molecule has 0 bridgehead atoms. The van der Waals surface area contributed by atoms with Gasteiger partial charge in [-0.15, -0.1) is 0 Å². The van der Waals surface area contributed by atoms with Crippen LogP contribution >= 0.6 is 0 Å². The van der Waals surface area contributed by atoms with Crippen molar-refractivity contribution < 1.29 is 38.2 Å². The molecular weight excluding hydrogens is 474 g/mol. The second kappa shape index (κ2) is 13.9. The first-order chi connectivity index (χ1) is 16.2. The van der Waals surface area contributed by atoms with E-state index in [4.69, 9.17) is 19.0 Å². The Morgan fingerprint density at radius 1 is 0.778 bits per heavy atom. The molecule has 0 aromatic rings. The van der Waals surface area contributed by atoms with Crippen molar-refractivity contribution in [2.75, 3.05) is 20.7 Å². The summed E-state index contributed by atoms with van der Waals surface area (Å²) in [4.78, 5) is 58.3. The van der Waals surface area contributed by atoms with Gasteiger partial charge in [0.15, 0.2) is 0 Å². The molecule has 0 spiro atoms. The summed E-state index contributed by atoms with van der Waals surface area (Å²) < 4.78 is 15.6. The number of hydrogen-bond donors (Lipinski definition) is 3. The number of carbonyl (C=O) groups excluding carboxylic acids is 4. The number of hydrogen-bond acceptors (Lipinski definition) is 9. The number of aliphatic imine (C=N–C) groups is 1. The lowest BCUT2D eigenvalue weighted by atomic mass is 10.1. The van der Waals surface area contributed by atoms with Crippen molar-refractivity contribution in [3.63, 3.8) is 0 Å². The van der Waals surface area contributed by atoms with Crippen molar-refractivity contribution in [1.82, 2.24) is 21.0 Å². The number of alkyl carbamates (subject to hydrolysis) is 3. The molecule has 0 radical (unpaired) electrons. The van der Waals surface area contributed by atoms with Crippen molar-refractivity contribution in [2.24, 2.45) is 4.99 Å². The largest absolute Gasteiger partial charge is 0.444 e. The van der Waals surface area contributed by atoms with Crippen LogP contribution in [0.5, 0.6) is 0 Å². The number of nitrogens with one attached hydrogen (secondary N) is 3. The van der Waals surface area contributed by atoms with Gasteiger partial charge in [-0.2, -0.15) is 0 Å². The minimum Gasteiger partial charge on any atom is -0.444 e. The fraction of sp³-hybridized carbons (Fsp3) is 0.783. The number of hydroxylamine groups is 2. The zero-order valence-corrected chi connectivity index (χ0v) is 23.4. The predicted octanol–water partition coefficient (Wildman–Crippen LogP) is 3.09. The molecule has 0 heterocycles. The molecule has 0 saturated carbocycles. The topological polar surface area (TPSA) is 157 Å². The quantitative estimate of drug-likeness (QED) is 0.153. The summed E-state index contributed by atoms with van der Waals surface area (Å²) in [6.45, 7) is 15.3. The maximum atomic E-state index is 12.6. The van der Waals surface area contributed by atoms with Gasteiger partial charge in [0.1, 0.15) is 22.8 Å². The first-order valence-electron chi connectivity index (χ1n) is 11.6. The molecule has 3 N–H and O–H groups in total. The first kappa shape index (κ1) is 32.9. The summed E-state index contributed by atoms with van der Waals surface area (Å²) >= 11 is 0. The predicted molar refractivity (Wildman–Crippen MR) is 133 cm³/mol. The lowest BCUT2D eigenvalue weighted by Crippen LogP contribution is -2.48. The van der Waals surface area contributed by atoms with Crippen LogP contribution in [0.4, 0.5) is 14.4 Å². The van der Waals surface area contributed by atoms with Crippen LogP contribution in [0.2, 0.25) is 0 Å². The summed E-state index contributed by atoms with van der Waals surface area (Å²) in [5.74, 6) is -0.679. The Hall–Kier alpha value is -3.09. The number of ether oxygens (including phenoxy) is 3. The third-order valence-electron chi connectivity index (χ3n) is 3.73. The van der Waals surface area contributed by atoms with Crippen molar-refractivity contribution in [2.45, 2.75) is 98.0 Å². The average molecular weight is 518 g/mol. The third-order valence-corrected chi connectivity index (χ3v) is 3.73. The third kappa shape index (κ3) is 16.5. The van der Waals surface area contributed by atoms with Gasteiger partial charge in [0.05, 0.1) is 7.11 Å². The van der Waals surface area contributed by atoms with Crippen LogP contribution in [0.25, 0.3) is 0 Å². The molecule has 13 nitrogen and oxygen atoms in total. The van der Waals surface area contributed by atoms with Gasteiger partial charge in [0.25, 0.3) is 5.91 Å². The lowest BCUT2D eigenvalue weighted by Gasteiger charge is -2.25. The Morgan fingerprint density at radius 2 is 1.19 bits per heavy atom. The average Bonchev–Trinajstić information content (AvgIpc) is 2.64. The molecular formula is C23H43N5O8. The highest BCUT2D eigenvalue weighted by Crippen LogP contribution is 2.10. The zero-order chi connectivity index (χ0) is 28.3. The van der Waals surface area contributed by atoms with Crippen molar-refractivity contribution in [3.8, 4) is 0 Å². The van der Waals surface area contributed by atoms with Gasteiger partial charge in [-0.1, -0.05) is 0 Å². The van der Waals surface area contributed by atoms with E-state index in [1.807, 2.05) is 0 Å². The maximum absolute atomic E-state index is 12.6. The second-order valence-corrected chi connectivity index (χ2v) is 10.8. The van der Waals surface area contributed by atoms with Crippen LogP contribution in [-0.2, 0) is 23.8 Å². The Bertz CT molecular complexity index is 762. The summed E-state index contributed by atoms with van der Waals surface area (Å²) in [6.07, 6.45) is -1.94. The molecule has 13 heteroatoms. The highest BCUT2D eigenvalue weighted by Gasteiger charge is 2.27. The van der Waals surface area contributed by atoms with Crippen LogP contribution in [0.3, 0.4) is 0 Å². The van der Waals surface area contributed by atoms with Gasteiger partial charge >= 0.3 is 18.3 Å². The minimum absolute atomic E-state index is 0.0808. The van der Waals surface area contributed by atoms with E-state index in [2.05, 4.69) is 20.9 Å². The molecule has 0 aliphatic carbocycles. The molecule has 0 saturated heterocycles. The van der Waals surface area contributed by atoms with Gasteiger partial charge in [-0.05, 0) is 75.2 Å². The van der Waals surface area contributed by atoms with Crippen LogP contribution < -0.4 is 16.0 Å². The first-order valence-corrected chi connectivity index (χ1v) is 11.6. The van der Waals surface area contributed by atoms with E-state index in [1.165, 1.54) is 14.2 Å². The number of likely N-dealkylation sites (N-methyl/N-ethyl adjacent to an activating group) is 1. The molecule has 4 amide bonds. The Balaban J connectivity index is 5.40. The van der Waals surface area contributed by atoms with Gasteiger partial charge in [0, 0.05) is 13.6 Å². The summed E-state index contributed by atoms with van der Waals surface area (Å²) in [6, 6.07) is -0.957. The van der Waals surface area contributed by atoms with Crippen LogP contribution in [-0.4, -0.2) is 78.8 Å². The van der Waals surface area contributed by atoms with E-state index >= 15 is 0 Å². The Labute approximate surface area is 213 Å². The van der Waals surface area contributed by atoms with Crippen molar-refractivity contribution >= 4 is 30.1 Å². The molecule has 0 aliphatic rings. The smallest absolute Gasteiger partial charge is 0.414 e. The van der Waals surface area contributed by atoms with E-state index in [1.54, 1.807) is 62.3 Å². The minimum atomic E-state index is -0.957. The van der Waals surface area contributed by atoms with E-state index in [9.17, 15) is 19.2 Å². The summed E-state index contributed by atoms with van der Waals surface area (Å²) in [7, 11) is 2.74. The van der Waals surface area contributed by atoms with Gasteiger partial charge in [-0.25, -0.2) is 19.4 Å². The molecule has 1 unspecified atom stereocenters. The highest BCUT2D eigenvalue weighted by atomic mass is 16.7. The van der Waals surface area contributed by atoms with E-state index in [0.29, 0.717) is 6.42 Å². The Kier molecular flexibility index (Phi) is 12.7. The number of carbonyl (C=O) groups is 4. The molecule has 0 aromatic heterocycles. The molecule has 0 rings (SSSR count). The van der Waals surface area contributed by atoms with Gasteiger partial charge in [-0.3, -0.25) is 25.3 Å². The lowest BCUT2D eigenvalue weighted by molar-refractivity contribution is -0.171. The Morgan fingerprint density at radius 3 is 1.58 bits per heavy atom. The van der Waals surface area contributed by atoms with Crippen LogP contribution in [0.1, 0.15) is 75.2 Å². The normalized spacial score (nSPS) is 12.5. The van der Waals surface area contributed by atoms with E-state index < -0.39 is 47.0 Å². The van der Waals surface area contributed by atoms with E-state index in [0.717, 1.165) is 5.06 Å². The molecule has 0 aromatic carbocycles. The van der Waals surface area contributed by atoms with Gasteiger partial charge < -0.3 is 19.5 Å². The monoisotopic (exact) mass is 517 g/mol. The SMILES string of the molecule is CON(C)C(=O)C(CCCN=C(NC(=O)OC(C)(C)C)NC(=O)OC(C)(C)C)NC(=O)OC(C)(C)C. The molecule has 208 valence electrons. The highest BCUT2D eigenvalue weighted by molar-refractivity contribution is 6.01. The van der Waals surface area contributed by atoms with Crippen LogP contribution in [0.15, 0.2) is 4.99 Å². The van der Waals surface area contributed by atoms with Crippen LogP contribution in [0, 0.1) is 0 Å². The molecule has 0 fully saturated rings. The number of amides is 4. The van der Waals surface area contributed by atoms with Crippen molar-refractivity contribution in [3.05, 3.63) is 0 Å². The zero-order valence-electron chi connectivity index (χ0n) is 23.4. The molecule has 36 heavy (non-hydrogen) atoms. The maximum Gasteiger partial charge on any atom is 0.414 e. The summed E-state index contributed by atoms with van der Waals surface area (Å²) in [5, 5.41) is 8.28. The molecule has 0 aliphatic heterocycles. The number of guanidine groups is 1. The summed E-state index contributed by atoms with van der Waals surface area (Å²) in [5.41, 5.74) is -2.28. The number of rotatable bonds is 7. The fourth-order valence-corrected chi connectivity index (χ4v) is 2.41. The standard InChI is InChI=1S/C23H43N5O8/c1-21(2,3)34-18(30)25-15(16(29)28(10)33-11)13-12-14-24-17(26-19(31)35-22(4,5)6)27-20(32)36-23(7,8)9/h15H,12-14H2,1-11H3,(H,25,30)(H2,24,26,27,31,32).